The molecule has 2 fully saturated rings. The van der Waals surface area contributed by atoms with Gasteiger partial charge in [-0.25, -0.2) is 4.79 Å². The number of nitrogens with zero attached hydrogens (tertiary/aromatic N) is 2. The maximum atomic E-state index is 12.0. The zero-order valence-corrected chi connectivity index (χ0v) is 19.3. The lowest BCUT2D eigenvalue weighted by Gasteiger charge is -2.36. The van der Waals surface area contributed by atoms with Gasteiger partial charge < -0.3 is 19.6 Å². The van der Waals surface area contributed by atoms with Gasteiger partial charge in [-0.3, -0.25) is 4.79 Å². The molecule has 2 bridgehead atoms. The maximum absolute atomic E-state index is 12.0. The number of hydrogen-bond acceptors (Lipinski definition) is 5. The number of thiol groups is 1. The van der Waals surface area contributed by atoms with Crippen molar-refractivity contribution >= 4 is 23.8 Å². The number of fused-ring (bicyclic) bond motifs is 2. The number of aliphatic hydroxyl groups excluding tert-OH is 1. The number of piperidine rings is 1. The average molecular weight is 437 g/mol. The summed E-state index contributed by atoms with van der Waals surface area (Å²) in [6.45, 7) is 5.77. The molecule has 30 heavy (non-hydrogen) atoms. The van der Waals surface area contributed by atoms with Crippen LogP contribution in [0, 0.1) is 0 Å². The molecule has 3 rings (SSSR count). The summed E-state index contributed by atoms with van der Waals surface area (Å²) in [6, 6.07) is 10.0. The highest BCUT2D eigenvalue weighted by Gasteiger charge is 2.40. The zero-order chi connectivity index (χ0) is 22.1. The number of ether oxygens (including phenoxy) is 1. The van der Waals surface area contributed by atoms with E-state index in [0.29, 0.717) is 17.6 Å². The van der Waals surface area contributed by atoms with E-state index in [1.165, 1.54) is 12.8 Å². The molecule has 0 aliphatic carbocycles. The van der Waals surface area contributed by atoms with Crippen LogP contribution in [-0.2, 0) is 9.53 Å². The molecular formula is C23H36N2O4S. The molecule has 0 spiro atoms. The van der Waals surface area contributed by atoms with Gasteiger partial charge in [0.15, 0.2) is 6.10 Å². The lowest BCUT2D eigenvalue weighted by molar-refractivity contribution is -0.162. The molecule has 1 unspecified atom stereocenters. The Morgan fingerprint density at radius 3 is 2.13 bits per heavy atom. The molecule has 0 radical (unpaired) electrons. The standard InChI is InChI=1S/C16H21NO3.C7H15NOS/c1-17-12-7-8-13(17)10-14(9-12)20-16(19)15(18)11-5-3-2-4-6-11;1-3-5-8(6-4-2)7(9)10/h2-6,12-15,18H,7-10H2,1H3;3-6H2,1-2H3,(H,9,10)/t12-,13+,14+,15?;. The zero-order valence-electron chi connectivity index (χ0n) is 18.4. The van der Waals surface area contributed by atoms with Gasteiger partial charge in [0.25, 0.3) is 5.24 Å². The van der Waals surface area contributed by atoms with E-state index in [0.717, 1.165) is 38.8 Å². The second-order valence-corrected chi connectivity index (χ2v) is 8.55. The Morgan fingerprint density at radius 2 is 1.67 bits per heavy atom. The number of esters is 1. The van der Waals surface area contributed by atoms with Gasteiger partial charge in [-0.15, -0.1) is 0 Å². The summed E-state index contributed by atoms with van der Waals surface area (Å²) in [5.74, 6) is -0.523. The third-order valence-corrected chi connectivity index (χ3v) is 6.22. The normalized spacial score (nSPS) is 23.8. The number of aliphatic hydroxyl groups is 1. The minimum absolute atomic E-state index is 0.0467. The van der Waals surface area contributed by atoms with Crippen molar-refractivity contribution in [1.29, 1.82) is 0 Å². The minimum Gasteiger partial charge on any atom is -0.460 e. The van der Waals surface area contributed by atoms with E-state index in [2.05, 4.69) is 38.4 Å². The first kappa shape index (κ1) is 24.7. The van der Waals surface area contributed by atoms with Crippen molar-refractivity contribution in [1.82, 2.24) is 9.80 Å². The fraction of sp³-hybridized carbons (Fsp3) is 0.652. The number of carbonyl (C=O) groups is 2. The summed E-state index contributed by atoms with van der Waals surface area (Å²) in [7, 11) is 2.15. The molecule has 7 heteroatoms. The molecular weight excluding hydrogens is 400 g/mol. The van der Waals surface area contributed by atoms with Gasteiger partial charge in [0.1, 0.15) is 6.10 Å². The van der Waals surface area contributed by atoms with Gasteiger partial charge in [0.05, 0.1) is 0 Å². The van der Waals surface area contributed by atoms with Crippen molar-refractivity contribution in [2.24, 2.45) is 0 Å². The van der Waals surface area contributed by atoms with Crippen LogP contribution in [-0.4, -0.2) is 64.4 Å². The fourth-order valence-corrected chi connectivity index (χ4v) is 4.50. The smallest absolute Gasteiger partial charge is 0.339 e. The molecule has 1 aromatic carbocycles. The highest BCUT2D eigenvalue weighted by molar-refractivity contribution is 7.96. The minimum atomic E-state index is -1.17. The molecule has 2 aliphatic rings. The van der Waals surface area contributed by atoms with Crippen molar-refractivity contribution in [2.75, 3.05) is 20.1 Å². The van der Waals surface area contributed by atoms with Crippen LogP contribution in [0.4, 0.5) is 4.79 Å². The molecule has 1 aromatic rings. The quantitative estimate of drug-likeness (QED) is 0.499. The number of carbonyl (C=O) groups excluding carboxylic acids is 2. The Kier molecular flexibility index (Phi) is 10.1. The largest absolute Gasteiger partial charge is 0.460 e. The van der Waals surface area contributed by atoms with Gasteiger partial charge in [0.2, 0.25) is 0 Å². The molecule has 0 saturated carbocycles. The molecule has 0 aromatic heterocycles. The van der Waals surface area contributed by atoms with Crippen molar-refractivity contribution in [2.45, 2.75) is 76.7 Å². The fourth-order valence-electron chi connectivity index (χ4n) is 4.30. The number of hydrogen-bond donors (Lipinski definition) is 2. The van der Waals surface area contributed by atoms with E-state index in [-0.39, 0.29) is 11.3 Å². The van der Waals surface area contributed by atoms with Crippen LogP contribution in [0.5, 0.6) is 0 Å². The van der Waals surface area contributed by atoms with Crippen LogP contribution in [0.15, 0.2) is 30.3 Å². The van der Waals surface area contributed by atoms with Crippen LogP contribution >= 0.6 is 12.6 Å². The van der Waals surface area contributed by atoms with Crippen LogP contribution in [0.2, 0.25) is 0 Å². The molecule has 1 N–H and O–H groups in total. The van der Waals surface area contributed by atoms with E-state index >= 15 is 0 Å². The van der Waals surface area contributed by atoms with Crippen molar-refractivity contribution in [3.63, 3.8) is 0 Å². The molecule has 2 aliphatic heterocycles. The van der Waals surface area contributed by atoms with Gasteiger partial charge in [-0.2, -0.15) is 0 Å². The van der Waals surface area contributed by atoms with Gasteiger partial charge in [-0.1, -0.05) is 56.8 Å². The average Bonchev–Trinajstić information content (AvgIpc) is 2.94. The lowest BCUT2D eigenvalue weighted by Crippen LogP contribution is -2.43. The second kappa shape index (κ2) is 12.3. The van der Waals surface area contributed by atoms with E-state index in [1.54, 1.807) is 17.0 Å². The van der Waals surface area contributed by atoms with Crippen LogP contribution in [0.25, 0.3) is 0 Å². The second-order valence-electron chi connectivity index (χ2n) is 8.16. The van der Waals surface area contributed by atoms with Crippen LogP contribution < -0.4 is 0 Å². The van der Waals surface area contributed by atoms with E-state index in [9.17, 15) is 14.7 Å². The van der Waals surface area contributed by atoms with Crippen molar-refractivity contribution in [3.8, 4) is 0 Å². The summed E-state index contributed by atoms with van der Waals surface area (Å²) in [5, 5.41) is 9.93. The van der Waals surface area contributed by atoms with Crippen LogP contribution in [0.3, 0.4) is 0 Å². The van der Waals surface area contributed by atoms with Gasteiger partial charge in [0, 0.05) is 25.2 Å². The Labute approximate surface area is 186 Å². The molecule has 4 atom stereocenters. The van der Waals surface area contributed by atoms with E-state index in [4.69, 9.17) is 4.74 Å². The third-order valence-electron chi connectivity index (χ3n) is 5.93. The monoisotopic (exact) mass is 436 g/mol. The third kappa shape index (κ3) is 7.00. The summed E-state index contributed by atoms with van der Waals surface area (Å²) in [5.41, 5.74) is 0.591. The SMILES string of the molecule is CCCN(CCC)C(=O)S.CN1[C@@H]2CC[C@H]1C[C@@H](OC(=O)C(O)c1ccccc1)C2. The number of amides is 1. The van der Waals surface area contributed by atoms with Crippen LogP contribution in [0.1, 0.15) is 64.0 Å². The highest BCUT2D eigenvalue weighted by atomic mass is 32.1. The summed E-state index contributed by atoms with van der Waals surface area (Å²) >= 11 is 3.75. The predicted octanol–water partition coefficient (Wildman–Crippen LogP) is 4.05. The van der Waals surface area contributed by atoms with Crippen molar-refractivity contribution in [3.05, 3.63) is 35.9 Å². The summed E-state index contributed by atoms with van der Waals surface area (Å²) < 4.78 is 5.52. The van der Waals surface area contributed by atoms with Gasteiger partial charge in [-0.05, 0) is 51.1 Å². The van der Waals surface area contributed by atoms with Gasteiger partial charge >= 0.3 is 5.97 Å². The Bertz CT molecular complexity index is 652. The lowest BCUT2D eigenvalue weighted by atomic mass is 10.0. The molecule has 168 valence electrons. The van der Waals surface area contributed by atoms with Crippen molar-refractivity contribution < 1.29 is 19.4 Å². The summed E-state index contributed by atoms with van der Waals surface area (Å²) in [6.07, 6.45) is 4.95. The highest BCUT2D eigenvalue weighted by Crippen LogP contribution is 2.35. The molecule has 6 nitrogen and oxygen atoms in total. The topological polar surface area (TPSA) is 70.1 Å². The first-order chi connectivity index (χ1) is 14.4. The Hall–Kier alpha value is -1.57. The van der Waals surface area contributed by atoms with E-state index < -0.39 is 12.1 Å². The molecule has 1 amide bonds. The molecule has 2 saturated heterocycles. The Morgan fingerprint density at radius 1 is 1.13 bits per heavy atom. The maximum Gasteiger partial charge on any atom is 0.339 e. The van der Waals surface area contributed by atoms with E-state index in [1.807, 2.05) is 18.2 Å². The summed E-state index contributed by atoms with van der Waals surface area (Å²) in [4.78, 5) is 26.9. The first-order valence-corrected chi connectivity index (χ1v) is 11.4. The predicted molar refractivity (Wildman–Crippen MR) is 122 cm³/mol. The number of rotatable bonds is 7. The number of benzene rings is 1. The molecule has 2 heterocycles. The Balaban J connectivity index is 0.000000274. The first-order valence-electron chi connectivity index (χ1n) is 11.0.